The quantitative estimate of drug-likeness (QED) is 0.813. The van der Waals surface area contributed by atoms with Crippen LogP contribution >= 0.6 is 0 Å². The molecule has 1 aliphatic rings. The molecule has 0 spiro atoms. The average molecular weight is 244 g/mol. The summed E-state index contributed by atoms with van der Waals surface area (Å²) in [5, 5.41) is 8.91. The number of amides is 1. The first-order chi connectivity index (χ1) is 8.81. The molecular weight excluding hydrogens is 228 g/mol. The molecule has 0 bridgehead atoms. The summed E-state index contributed by atoms with van der Waals surface area (Å²) in [6, 6.07) is 11.3. The maximum Gasteiger partial charge on any atom is 0.227 e. The van der Waals surface area contributed by atoms with Gasteiger partial charge in [-0.3, -0.25) is 4.79 Å². The Morgan fingerprint density at radius 3 is 2.94 bits per heavy atom. The minimum Gasteiger partial charge on any atom is -0.493 e. The van der Waals surface area contributed by atoms with Crippen molar-refractivity contribution in [2.24, 2.45) is 0 Å². The van der Waals surface area contributed by atoms with E-state index in [1.54, 1.807) is 4.90 Å². The Morgan fingerprint density at radius 1 is 1.44 bits per heavy atom. The second-order valence-corrected chi connectivity index (χ2v) is 4.29. The molecule has 0 aromatic heterocycles. The first kappa shape index (κ1) is 12.4. The second kappa shape index (κ2) is 6.06. The van der Waals surface area contributed by atoms with Crippen molar-refractivity contribution in [3.8, 4) is 11.8 Å². The van der Waals surface area contributed by atoms with Crippen LogP contribution in [0.4, 0.5) is 0 Å². The minimum atomic E-state index is -0.241. The van der Waals surface area contributed by atoms with Crippen molar-refractivity contribution in [2.75, 3.05) is 13.2 Å². The molecule has 1 aromatic carbocycles. The average Bonchev–Trinajstić information content (AvgIpc) is 2.88. The van der Waals surface area contributed by atoms with E-state index in [1.165, 1.54) is 0 Å². The highest BCUT2D eigenvalue weighted by molar-refractivity contribution is 5.77. The number of carbonyl (C=O) groups is 1. The Kier molecular flexibility index (Phi) is 4.19. The standard InChI is InChI=1S/C14H16N2O2/c15-11-12-5-4-9-16(12)14(17)8-10-18-13-6-2-1-3-7-13/h1-3,6-7,12H,4-5,8-10H2. The van der Waals surface area contributed by atoms with Gasteiger partial charge >= 0.3 is 0 Å². The van der Waals surface area contributed by atoms with E-state index in [0.29, 0.717) is 19.6 Å². The maximum atomic E-state index is 11.9. The van der Waals surface area contributed by atoms with E-state index < -0.39 is 0 Å². The number of rotatable bonds is 4. The molecule has 1 aromatic rings. The molecule has 0 N–H and O–H groups in total. The van der Waals surface area contributed by atoms with Crippen LogP contribution in [0.15, 0.2) is 30.3 Å². The zero-order valence-corrected chi connectivity index (χ0v) is 10.2. The number of likely N-dealkylation sites (tertiary alicyclic amines) is 1. The summed E-state index contributed by atoms with van der Waals surface area (Å²) in [4.78, 5) is 13.6. The highest BCUT2D eigenvalue weighted by Crippen LogP contribution is 2.17. The molecule has 1 heterocycles. The Bertz CT molecular complexity index is 439. The predicted molar refractivity (Wildman–Crippen MR) is 66.9 cm³/mol. The Balaban J connectivity index is 1.77. The van der Waals surface area contributed by atoms with Crippen LogP contribution in [0.25, 0.3) is 0 Å². The molecule has 0 saturated carbocycles. The summed E-state index contributed by atoms with van der Waals surface area (Å²) in [6.07, 6.45) is 2.04. The fourth-order valence-corrected chi connectivity index (χ4v) is 2.12. The molecular formula is C14H16N2O2. The maximum absolute atomic E-state index is 11.9. The van der Waals surface area contributed by atoms with Crippen molar-refractivity contribution in [1.29, 1.82) is 5.26 Å². The van der Waals surface area contributed by atoms with Crippen molar-refractivity contribution >= 4 is 5.91 Å². The van der Waals surface area contributed by atoms with Crippen LogP contribution in [-0.4, -0.2) is 30.0 Å². The van der Waals surface area contributed by atoms with Crippen molar-refractivity contribution < 1.29 is 9.53 Å². The van der Waals surface area contributed by atoms with Gasteiger partial charge in [-0.25, -0.2) is 0 Å². The monoisotopic (exact) mass is 244 g/mol. The molecule has 1 unspecified atom stereocenters. The van der Waals surface area contributed by atoms with Gasteiger partial charge in [0.25, 0.3) is 0 Å². The molecule has 1 amide bonds. The normalized spacial score (nSPS) is 18.4. The molecule has 18 heavy (non-hydrogen) atoms. The topological polar surface area (TPSA) is 53.3 Å². The predicted octanol–water partition coefficient (Wildman–Crippen LogP) is 1.97. The fraction of sp³-hybridized carbons (Fsp3) is 0.429. The third-order valence-corrected chi connectivity index (χ3v) is 3.05. The minimum absolute atomic E-state index is 0.00924. The molecule has 2 rings (SSSR count). The van der Waals surface area contributed by atoms with Gasteiger partial charge in [0.05, 0.1) is 19.1 Å². The molecule has 1 saturated heterocycles. The summed E-state index contributed by atoms with van der Waals surface area (Å²) in [7, 11) is 0. The van der Waals surface area contributed by atoms with E-state index in [9.17, 15) is 4.79 Å². The number of hydrogen-bond acceptors (Lipinski definition) is 3. The molecule has 0 radical (unpaired) electrons. The lowest BCUT2D eigenvalue weighted by Gasteiger charge is -2.19. The van der Waals surface area contributed by atoms with E-state index in [0.717, 1.165) is 18.6 Å². The number of carbonyl (C=O) groups excluding carboxylic acids is 1. The zero-order valence-electron chi connectivity index (χ0n) is 10.2. The Hall–Kier alpha value is -2.02. The molecule has 1 fully saturated rings. The van der Waals surface area contributed by atoms with Gasteiger partial charge in [0.15, 0.2) is 0 Å². The molecule has 1 atom stereocenters. The van der Waals surface area contributed by atoms with E-state index in [2.05, 4.69) is 6.07 Å². The zero-order chi connectivity index (χ0) is 12.8. The van der Waals surface area contributed by atoms with E-state index in [1.807, 2.05) is 30.3 Å². The first-order valence-corrected chi connectivity index (χ1v) is 6.18. The summed E-state index contributed by atoms with van der Waals surface area (Å²) in [5.41, 5.74) is 0. The number of nitriles is 1. The SMILES string of the molecule is N#CC1CCCN1C(=O)CCOc1ccccc1. The van der Waals surface area contributed by atoms with Gasteiger partial charge < -0.3 is 9.64 Å². The lowest BCUT2D eigenvalue weighted by Crippen LogP contribution is -2.35. The summed E-state index contributed by atoms with van der Waals surface area (Å²) >= 11 is 0. The number of nitrogens with zero attached hydrogens (tertiary/aromatic N) is 2. The summed E-state index contributed by atoms with van der Waals surface area (Å²) in [5.74, 6) is 0.776. The number of para-hydroxylation sites is 1. The van der Waals surface area contributed by atoms with E-state index in [-0.39, 0.29) is 11.9 Å². The van der Waals surface area contributed by atoms with E-state index in [4.69, 9.17) is 10.00 Å². The molecule has 4 nitrogen and oxygen atoms in total. The molecule has 4 heteroatoms. The largest absolute Gasteiger partial charge is 0.493 e. The van der Waals surface area contributed by atoms with Gasteiger partial charge in [0.1, 0.15) is 11.8 Å². The van der Waals surface area contributed by atoms with Crippen LogP contribution in [0, 0.1) is 11.3 Å². The van der Waals surface area contributed by atoms with Crippen molar-refractivity contribution in [3.63, 3.8) is 0 Å². The molecule has 94 valence electrons. The van der Waals surface area contributed by atoms with Crippen molar-refractivity contribution in [1.82, 2.24) is 4.90 Å². The third-order valence-electron chi connectivity index (χ3n) is 3.05. The van der Waals surface area contributed by atoms with Crippen LogP contribution in [0.2, 0.25) is 0 Å². The van der Waals surface area contributed by atoms with Gasteiger partial charge in [-0.2, -0.15) is 5.26 Å². The van der Waals surface area contributed by atoms with Crippen molar-refractivity contribution in [2.45, 2.75) is 25.3 Å². The van der Waals surface area contributed by atoms with Crippen LogP contribution in [0.5, 0.6) is 5.75 Å². The lowest BCUT2D eigenvalue weighted by molar-refractivity contribution is -0.131. The van der Waals surface area contributed by atoms with Gasteiger partial charge in [-0.15, -0.1) is 0 Å². The van der Waals surface area contributed by atoms with Crippen LogP contribution in [0.1, 0.15) is 19.3 Å². The van der Waals surface area contributed by atoms with Crippen LogP contribution in [0.3, 0.4) is 0 Å². The van der Waals surface area contributed by atoms with E-state index >= 15 is 0 Å². The Labute approximate surface area is 107 Å². The smallest absolute Gasteiger partial charge is 0.227 e. The summed E-state index contributed by atoms with van der Waals surface area (Å²) < 4.78 is 5.47. The lowest BCUT2D eigenvalue weighted by atomic mass is 10.2. The third kappa shape index (κ3) is 3.01. The summed E-state index contributed by atoms with van der Waals surface area (Å²) in [6.45, 7) is 1.06. The number of ether oxygens (including phenoxy) is 1. The first-order valence-electron chi connectivity index (χ1n) is 6.18. The van der Waals surface area contributed by atoms with Gasteiger partial charge in [0, 0.05) is 6.54 Å². The highest BCUT2D eigenvalue weighted by atomic mass is 16.5. The molecule has 1 aliphatic heterocycles. The fourth-order valence-electron chi connectivity index (χ4n) is 2.12. The highest BCUT2D eigenvalue weighted by Gasteiger charge is 2.27. The van der Waals surface area contributed by atoms with Gasteiger partial charge in [-0.1, -0.05) is 18.2 Å². The molecule has 0 aliphatic carbocycles. The number of benzene rings is 1. The van der Waals surface area contributed by atoms with Gasteiger partial charge in [-0.05, 0) is 25.0 Å². The Morgan fingerprint density at radius 2 is 2.22 bits per heavy atom. The van der Waals surface area contributed by atoms with Crippen molar-refractivity contribution in [3.05, 3.63) is 30.3 Å². The van der Waals surface area contributed by atoms with Crippen LogP contribution < -0.4 is 4.74 Å². The van der Waals surface area contributed by atoms with Gasteiger partial charge in [0.2, 0.25) is 5.91 Å². The second-order valence-electron chi connectivity index (χ2n) is 4.29. The number of hydrogen-bond donors (Lipinski definition) is 0. The van der Waals surface area contributed by atoms with Crippen LogP contribution in [-0.2, 0) is 4.79 Å².